The van der Waals surface area contributed by atoms with Crippen LogP contribution in [0.3, 0.4) is 0 Å². The van der Waals surface area contributed by atoms with Crippen LogP contribution < -0.4 is 5.32 Å². The Morgan fingerprint density at radius 3 is 2.56 bits per heavy atom. The van der Waals surface area contributed by atoms with E-state index < -0.39 is 10.8 Å². The Kier molecular flexibility index (Phi) is 4.98. The predicted octanol–water partition coefficient (Wildman–Crippen LogP) is 1.41. The number of alkyl halides is 1. The van der Waals surface area contributed by atoms with Gasteiger partial charge in [0.1, 0.15) is 11.4 Å². The van der Waals surface area contributed by atoms with Crippen molar-refractivity contribution in [2.75, 3.05) is 13.7 Å². The molecule has 0 aliphatic carbocycles. The Labute approximate surface area is 102 Å². The van der Waals surface area contributed by atoms with Gasteiger partial charge in [0.15, 0.2) is 0 Å². The summed E-state index contributed by atoms with van der Waals surface area (Å²) in [4.78, 5) is 22.0. The number of halogens is 1. The molecule has 0 bridgehead atoms. The number of esters is 1. The van der Waals surface area contributed by atoms with Crippen LogP contribution in [-0.2, 0) is 14.3 Å². The molecule has 0 aliphatic rings. The van der Waals surface area contributed by atoms with Gasteiger partial charge in [-0.25, -0.2) is 0 Å². The Bertz CT molecular complexity index is 367. The van der Waals surface area contributed by atoms with E-state index in [1.807, 2.05) is 30.3 Å². The molecule has 86 valence electrons. The van der Waals surface area contributed by atoms with Crippen molar-refractivity contribution in [1.82, 2.24) is 5.32 Å². The van der Waals surface area contributed by atoms with E-state index in [2.05, 4.69) is 26.0 Å². The molecule has 4 nitrogen and oxygen atoms in total. The quantitative estimate of drug-likeness (QED) is 0.672. The molecule has 0 spiro atoms. The van der Waals surface area contributed by atoms with Gasteiger partial charge in [-0.3, -0.25) is 9.59 Å². The summed E-state index contributed by atoms with van der Waals surface area (Å²) in [6.07, 6.45) is 0. The Morgan fingerprint density at radius 1 is 1.38 bits per heavy atom. The molecule has 0 heterocycles. The van der Waals surface area contributed by atoms with Gasteiger partial charge in [-0.2, -0.15) is 0 Å². The van der Waals surface area contributed by atoms with E-state index in [1.54, 1.807) is 0 Å². The van der Waals surface area contributed by atoms with Gasteiger partial charge in [-0.15, -0.1) is 0 Å². The molecule has 16 heavy (non-hydrogen) atoms. The van der Waals surface area contributed by atoms with Crippen molar-refractivity contribution in [1.29, 1.82) is 0 Å². The number of carbonyl (C=O) groups is 2. The first-order valence-corrected chi connectivity index (χ1v) is 5.60. The zero-order valence-corrected chi connectivity index (χ0v) is 10.4. The highest BCUT2D eigenvalue weighted by atomic mass is 79.9. The van der Waals surface area contributed by atoms with Crippen LogP contribution in [0.5, 0.6) is 0 Å². The molecule has 1 N–H and O–H groups in total. The molecule has 0 fully saturated rings. The molecule has 5 heteroatoms. The minimum Gasteiger partial charge on any atom is -0.468 e. The molecule has 0 radical (unpaired) electrons. The van der Waals surface area contributed by atoms with E-state index in [1.165, 1.54) is 7.11 Å². The molecule has 0 saturated carbocycles. The van der Waals surface area contributed by atoms with Crippen molar-refractivity contribution in [2.24, 2.45) is 0 Å². The van der Waals surface area contributed by atoms with Crippen molar-refractivity contribution in [3.8, 4) is 0 Å². The number of amides is 1. The predicted molar refractivity (Wildman–Crippen MR) is 63.1 cm³/mol. The van der Waals surface area contributed by atoms with Gasteiger partial charge < -0.3 is 10.1 Å². The zero-order chi connectivity index (χ0) is 12.0. The Hall–Kier alpha value is -1.36. The molecule has 0 aromatic heterocycles. The first-order chi connectivity index (χ1) is 7.65. The summed E-state index contributed by atoms with van der Waals surface area (Å²) in [6.45, 7) is -0.121. The van der Waals surface area contributed by atoms with Gasteiger partial charge in [0.05, 0.1) is 7.11 Å². The van der Waals surface area contributed by atoms with Crippen molar-refractivity contribution in [2.45, 2.75) is 4.83 Å². The maximum Gasteiger partial charge on any atom is 0.325 e. The molecule has 0 aliphatic heterocycles. The van der Waals surface area contributed by atoms with Gasteiger partial charge in [0.2, 0.25) is 5.91 Å². The standard InChI is InChI=1S/C11H12BrNO3/c1-16-9(14)7-13-11(15)10(12)8-5-3-2-4-6-8/h2-6,10H,7H2,1H3,(H,13,15). The van der Waals surface area contributed by atoms with E-state index >= 15 is 0 Å². The lowest BCUT2D eigenvalue weighted by atomic mass is 10.1. The number of rotatable bonds is 4. The van der Waals surface area contributed by atoms with Crippen LogP contribution in [0.25, 0.3) is 0 Å². The number of benzene rings is 1. The minimum atomic E-state index is -0.471. The van der Waals surface area contributed by atoms with Crippen LogP contribution in [0.2, 0.25) is 0 Å². The fraction of sp³-hybridized carbons (Fsp3) is 0.273. The van der Waals surface area contributed by atoms with Crippen molar-refractivity contribution in [3.63, 3.8) is 0 Å². The average molecular weight is 286 g/mol. The van der Waals surface area contributed by atoms with Crippen LogP contribution in [0, 0.1) is 0 Å². The highest BCUT2D eigenvalue weighted by Crippen LogP contribution is 2.21. The summed E-state index contributed by atoms with van der Waals surface area (Å²) < 4.78 is 4.42. The molecule has 1 rings (SSSR count). The maximum atomic E-state index is 11.6. The van der Waals surface area contributed by atoms with E-state index in [0.29, 0.717) is 0 Å². The number of methoxy groups -OCH3 is 1. The van der Waals surface area contributed by atoms with Gasteiger partial charge in [0, 0.05) is 0 Å². The second kappa shape index (κ2) is 6.27. The zero-order valence-electron chi connectivity index (χ0n) is 8.77. The SMILES string of the molecule is COC(=O)CNC(=O)C(Br)c1ccccc1. The molecule has 1 amide bonds. The highest BCUT2D eigenvalue weighted by molar-refractivity contribution is 9.09. The summed E-state index contributed by atoms with van der Waals surface area (Å²) in [5.41, 5.74) is 0.838. The molecule has 1 aromatic carbocycles. The number of nitrogens with one attached hydrogen (secondary N) is 1. The first-order valence-electron chi connectivity index (χ1n) is 4.68. The Morgan fingerprint density at radius 2 is 2.00 bits per heavy atom. The van der Waals surface area contributed by atoms with Gasteiger partial charge in [-0.05, 0) is 5.56 Å². The van der Waals surface area contributed by atoms with E-state index in [4.69, 9.17) is 0 Å². The third-order valence-electron chi connectivity index (χ3n) is 1.96. The second-order valence-electron chi connectivity index (χ2n) is 3.07. The van der Waals surface area contributed by atoms with Gasteiger partial charge >= 0.3 is 5.97 Å². The Balaban J connectivity index is 2.52. The first kappa shape index (κ1) is 12.7. The molecule has 1 unspecified atom stereocenters. The van der Waals surface area contributed by atoms with E-state index in [9.17, 15) is 9.59 Å². The van der Waals surface area contributed by atoms with Crippen molar-refractivity contribution < 1.29 is 14.3 Å². The fourth-order valence-corrected chi connectivity index (χ4v) is 1.56. The summed E-state index contributed by atoms with van der Waals surface area (Å²) in [6, 6.07) is 9.22. The molecule has 1 atom stereocenters. The number of hydrogen-bond acceptors (Lipinski definition) is 3. The summed E-state index contributed by atoms with van der Waals surface area (Å²) in [5, 5.41) is 2.47. The normalized spacial score (nSPS) is 11.6. The van der Waals surface area contributed by atoms with Crippen molar-refractivity contribution >= 4 is 27.8 Å². The summed E-state index contributed by atoms with van der Waals surface area (Å²) in [5.74, 6) is -0.738. The van der Waals surface area contributed by atoms with Crippen LogP contribution in [0.1, 0.15) is 10.4 Å². The lowest BCUT2D eigenvalue weighted by Crippen LogP contribution is -2.32. The monoisotopic (exact) mass is 285 g/mol. The lowest BCUT2D eigenvalue weighted by molar-refractivity contribution is -0.141. The van der Waals surface area contributed by atoms with Crippen LogP contribution in [0.15, 0.2) is 30.3 Å². The molecule has 1 aromatic rings. The largest absolute Gasteiger partial charge is 0.468 e. The summed E-state index contributed by atoms with van der Waals surface area (Å²) >= 11 is 3.26. The number of hydrogen-bond donors (Lipinski definition) is 1. The highest BCUT2D eigenvalue weighted by Gasteiger charge is 2.17. The smallest absolute Gasteiger partial charge is 0.325 e. The van der Waals surface area contributed by atoms with Crippen LogP contribution in [0.4, 0.5) is 0 Å². The van der Waals surface area contributed by atoms with Crippen LogP contribution >= 0.6 is 15.9 Å². The molecule has 0 saturated heterocycles. The second-order valence-corrected chi connectivity index (χ2v) is 3.98. The summed E-state index contributed by atoms with van der Waals surface area (Å²) in [7, 11) is 1.28. The minimum absolute atomic E-state index is 0.121. The maximum absolute atomic E-state index is 11.6. The van der Waals surface area contributed by atoms with Gasteiger partial charge in [0.25, 0.3) is 0 Å². The third kappa shape index (κ3) is 3.66. The van der Waals surface area contributed by atoms with E-state index in [-0.39, 0.29) is 12.5 Å². The number of carbonyl (C=O) groups excluding carboxylic acids is 2. The molecular formula is C11H12BrNO3. The van der Waals surface area contributed by atoms with E-state index in [0.717, 1.165) is 5.56 Å². The fourth-order valence-electron chi connectivity index (χ4n) is 1.09. The lowest BCUT2D eigenvalue weighted by Gasteiger charge is -2.10. The molecular weight excluding hydrogens is 274 g/mol. The number of ether oxygens (including phenoxy) is 1. The topological polar surface area (TPSA) is 55.4 Å². The van der Waals surface area contributed by atoms with Crippen LogP contribution in [-0.4, -0.2) is 25.5 Å². The van der Waals surface area contributed by atoms with Gasteiger partial charge in [-0.1, -0.05) is 46.3 Å². The third-order valence-corrected chi connectivity index (χ3v) is 2.90. The van der Waals surface area contributed by atoms with Crippen molar-refractivity contribution in [3.05, 3.63) is 35.9 Å². The average Bonchev–Trinajstić information content (AvgIpc) is 2.35.